The van der Waals surface area contributed by atoms with E-state index < -0.39 is 0 Å². The largest absolute Gasteiger partial charge is 0.380 e. The van der Waals surface area contributed by atoms with E-state index >= 15 is 0 Å². The third kappa shape index (κ3) is 7.48. The molecule has 1 N–H and O–H groups in total. The summed E-state index contributed by atoms with van der Waals surface area (Å²) in [6.07, 6.45) is 2.22. The molecule has 0 aliphatic heterocycles. The Labute approximate surface area is 126 Å². The smallest absolute Gasteiger partial charge is 0.238 e. The van der Waals surface area contributed by atoms with E-state index in [2.05, 4.69) is 12.2 Å². The van der Waals surface area contributed by atoms with Crippen molar-refractivity contribution in [2.45, 2.75) is 19.8 Å². The van der Waals surface area contributed by atoms with Crippen molar-refractivity contribution in [2.75, 3.05) is 38.7 Å². The first kappa shape index (κ1) is 17.0. The van der Waals surface area contributed by atoms with Gasteiger partial charge in [-0.1, -0.05) is 31.0 Å². The Morgan fingerprint density at radius 3 is 2.90 bits per heavy atom. The van der Waals surface area contributed by atoms with Crippen LogP contribution in [0.2, 0.25) is 5.02 Å². The molecule has 0 spiro atoms. The summed E-state index contributed by atoms with van der Waals surface area (Å²) < 4.78 is 5.47. The third-order valence-electron chi connectivity index (χ3n) is 2.78. The van der Waals surface area contributed by atoms with Gasteiger partial charge < -0.3 is 10.1 Å². The fourth-order valence-electron chi connectivity index (χ4n) is 1.66. The highest BCUT2D eigenvalue weighted by atomic mass is 35.5. The number of unbranched alkanes of at least 4 members (excludes halogenated alkanes) is 1. The number of nitrogens with one attached hydrogen (secondary N) is 1. The number of hydrogen-bond donors (Lipinski definition) is 1. The summed E-state index contributed by atoms with van der Waals surface area (Å²) in [7, 11) is 1.90. The van der Waals surface area contributed by atoms with Gasteiger partial charge in [0, 0.05) is 23.9 Å². The molecule has 20 heavy (non-hydrogen) atoms. The average Bonchev–Trinajstić information content (AvgIpc) is 2.38. The Bertz CT molecular complexity index is 413. The predicted molar refractivity (Wildman–Crippen MR) is 83.3 cm³/mol. The van der Waals surface area contributed by atoms with Crippen LogP contribution in [0.4, 0.5) is 5.69 Å². The van der Waals surface area contributed by atoms with Gasteiger partial charge in [-0.3, -0.25) is 9.69 Å². The number of benzene rings is 1. The highest BCUT2D eigenvalue weighted by Gasteiger charge is 2.07. The maximum absolute atomic E-state index is 11.8. The van der Waals surface area contributed by atoms with Gasteiger partial charge in [0.15, 0.2) is 0 Å². The molecule has 0 aliphatic carbocycles. The highest BCUT2D eigenvalue weighted by molar-refractivity contribution is 6.30. The second kappa shape index (κ2) is 9.75. The van der Waals surface area contributed by atoms with Crippen LogP contribution in [0.1, 0.15) is 19.8 Å². The van der Waals surface area contributed by atoms with Crippen LogP contribution in [-0.2, 0) is 9.53 Å². The number of carbonyl (C=O) groups is 1. The van der Waals surface area contributed by atoms with Gasteiger partial charge in [-0.2, -0.15) is 0 Å². The zero-order valence-corrected chi connectivity index (χ0v) is 12.9. The summed E-state index contributed by atoms with van der Waals surface area (Å²) in [6, 6.07) is 7.13. The zero-order chi connectivity index (χ0) is 14.8. The van der Waals surface area contributed by atoms with Crippen molar-refractivity contribution in [1.82, 2.24) is 4.90 Å². The molecule has 0 bridgehead atoms. The molecular weight excluding hydrogens is 276 g/mol. The summed E-state index contributed by atoms with van der Waals surface area (Å²) in [5.41, 5.74) is 0.718. The van der Waals surface area contributed by atoms with Crippen LogP contribution in [-0.4, -0.2) is 44.2 Å². The van der Waals surface area contributed by atoms with Crippen LogP contribution in [0.3, 0.4) is 0 Å². The maximum Gasteiger partial charge on any atom is 0.238 e. The lowest BCUT2D eigenvalue weighted by atomic mass is 10.3. The molecule has 1 rings (SSSR count). The number of anilines is 1. The minimum atomic E-state index is -0.0525. The summed E-state index contributed by atoms with van der Waals surface area (Å²) in [4.78, 5) is 13.8. The molecule has 0 unspecified atom stereocenters. The predicted octanol–water partition coefficient (Wildman–Crippen LogP) is 3.03. The fourth-order valence-corrected chi connectivity index (χ4v) is 1.85. The standard InChI is InChI=1S/C15H23ClN2O2/c1-3-4-9-20-10-8-18(2)12-15(19)17-14-7-5-6-13(16)11-14/h5-7,11H,3-4,8-10,12H2,1-2H3,(H,17,19). The Hall–Kier alpha value is -1.10. The van der Waals surface area contributed by atoms with Gasteiger partial charge in [0.2, 0.25) is 5.91 Å². The first-order chi connectivity index (χ1) is 9.61. The van der Waals surface area contributed by atoms with E-state index in [1.54, 1.807) is 12.1 Å². The summed E-state index contributed by atoms with van der Waals surface area (Å²) in [5.74, 6) is -0.0525. The van der Waals surface area contributed by atoms with Gasteiger partial charge in [0.05, 0.1) is 13.2 Å². The molecule has 0 fully saturated rings. The van der Waals surface area contributed by atoms with Crippen LogP contribution in [0.5, 0.6) is 0 Å². The third-order valence-corrected chi connectivity index (χ3v) is 3.02. The van der Waals surface area contributed by atoms with Crippen molar-refractivity contribution < 1.29 is 9.53 Å². The molecule has 0 aliphatic rings. The second-order valence-electron chi connectivity index (χ2n) is 4.76. The monoisotopic (exact) mass is 298 g/mol. The van der Waals surface area contributed by atoms with Gasteiger partial charge in [-0.25, -0.2) is 0 Å². The van der Waals surface area contributed by atoms with E-state index in [0.29, 0.717) is 18.2 Å². The summed E-state index contributed by atoms with van der Waals surface area (Å²) in [6.45, 7) is 4.66. The Morgan fingerprint density at radius 2 is 2.20 bits per heavy atom. The van der Waals surface area contributed by atoms with Crippen LogP contribution in [0, 0.1) is 0 Å². The maximum atomic E-state index is 11.8. The molecule has 1 aromatic carbocycles. The molecule has 112 valence electrons. The number of nitrogens with zero attached hydrogens (tertiary/aromatic N) is 1. The van der Waals surface area contributed by atoms with Crippen molar-refractivity contribution in [3.63, 3.8) is 0 Å². The van der Waals surface area contributed by atoms with E-state index in [1.807, 2.05) is 24.1 Å². The Balaban J connectivity index is 2.21. The number of carbonyl (C=O) groups excluding carboxylic acids is 1. The van der Waals surface area contributed by atoms with E-state index in [0.717, 1.165) is 31.7 Å². The van der Waals surface area contributed by atoms with Crippen molar-refractivity contribution in [1.29, 1.82) is 0 Å². The Morgan fingerprint density at radius 1 is 1.40 bits per heavy atom. The van der Waals surface area contributed by atoms with Gasteiger partial charge in [0.25, 0.3) is 0 Å². The van der Waals surface area contributed by atoms with Crippen LogP contribution < -0.4 is 5.32 Å². The van der Waals surface area contributed by atoms with Gasteiger partial charge in [-0.15, -0.1) is 0 Å². The Kier molecular flexibility index (Phi) is 8.26. The van der Waals surface area contributed by atoms with Crippen molar-refractivity contribution in [3.8, 4) is 0 Å². The number of rotatable bonds is 9. The lowest BCUT2D eigenvalue weighted by Gasteiger charge is -2.16. The summed E-state index contributed by atoms with van der Waals surface area (Å²) >= 11 is 5.87. The molecule has 0 saturated carbocycles. The average molecular weight is 299 g/mol. The van der Waals surface area contributed by atoms with E-state index in [4.69, 9.17) is 16.3 Å². The zero-order valence-electron chi connectivity index (χ0n) is 12.2. The number of halogens is 1. The molecule has 0 atom stereocenters. The summed E-state index contributed by atoms with van der Waals surface area (Å²) in [5, 5.41) is 3.43. The molecule has 0 radical (unpaired) electrons. The van der Waals surface area contributed by atoms with E-state index in [-0.39, 0.29) is 5.91 Å². The van der Waals surface area contributed by atoms with Gasteiger partial charge in [0.1, 0.15) is 0 Å². The molecule has 0 aromatic heterocycles. The van der Waals surface area contributed by atoms with Gasteiger partial charge in [-0.05, 0) is 31.7 Å². The molecule has 4 nitrogen and oxygen atoms in total. The fraction of sp³-hybridized carbons (Fsp3) is 0.533. The number of hydrogen-bond acceptors (Lipinski definition) is 3. The first-order valence-electron chi connectivity index (χ1n) is 6.93. The van der Waals surface area contributed by atoms with Crippen molar-refractivity contribution in [2.24, 2.45) is 0 Å². The lowest BCUT2D eigenvalue weighted by molar-refractivity contribution is -0.117. The molecule has 0 heterocycles. The normalized spacial score (nSPS) is 10.8. The number of amides is 1. The van der Waals surface area contributed by atoms with Crippen molar-refractivity contribution >= 4 is 23.2 Å². The topological polar surface area (TPSA) is 41.6 Å². The van der Waals surface area contributed by atoms with Crippen LogP contribution in [0.15, 0.2) is 24.3 Å². The number of likely N-dealkylation sites (N-methyl/N-ethyl adjacent to an activating group) is 1. The SMILES string of the molecule is CCCCOCCN(C)CC(=O)Nc1cccc(Cl)c1. The lowest BCUT2D eigenvalue weighted by Crippen LogP contribution is -2.32. The molecule has 5 heteroatoms. The van der Waals surface area contributed by atoms with E-state index in [9.17, 15) is 4.79 Å². The van der Waals surface area contributed by atoms with Crippen molar-refractivity contribution in [3.05, 3.63) is 29.3 Å². The quantitative estimate of drug-likeness (QED) is 0.713. The molecule has 0 saturated heterocycles. The van der Waals surface area contributed by atoms with Crippen LogP contribution >= 0.6 is 11.6 Å². The highest BCUT2D eigenvalue weighted by Crippen LogP contribution is 2.14. The molecule has 1 amide bonds. The molecule has 1 aromatic rings. The number of ether oxygens (including phenoxy) is 1. The minimum absolute atomic E-state index is 0.0525. The second-order valence-corrected chi connectivity index (χ2v) is 5.20. The van der Waals surface area contributed by atoms with E-state index in [1.165, 1.54) is 0 Å². The first-order valence-corrected chi connectivity index (χ1v) is 7.31. The molecular formula is C15H23ClN2O2. The minimum Gasteiger partial charge on any atom is -0.380 e. The van der Waals surface area contributed by atoms with Crippen LogP contribution in [0.25, 0.3) is 0 Å². The van der Waals surface area contributed by atoms with Gasteiger partial charge >= 0.3 is 0 Å².